The van der Waals surface area contributed by atoms with Gasteiger partial charge in [0.05, 0.1) is 12.8 Å². The first-order valence-corrected chi connectivity index (χ1v) is 10.1. The van der Waals surface area contributed by atoms with E-state index in [9.17, 15) is 9.59 Å². The smallest absolute Gasteiger partial charge is 0.328 e. The fourth-order valence-electron chi connectivity index (χ4n) is 2.79. The van der Waals surface area contributed by atoms with Crippen molar-refractivity contribution >= 4 is 29.3 Å². The molecule has 0 aliphatic carbocycles. The summed E-state index contributed by atoms with van der Waals surface area (Å²) in [6.45, 7) is 0.346. The van der Waals surface area contributed by atoms with E-state index in [1.165, 1.54) is 7.11 Å². The van der Waals surface area contributed by atoms with Gasteiger partial charge in [-0.05, 0) is 36.4 Å². The molecule has 2 aromatic heterocycles. The van der Waals surface area contributed by atoms with E-state index in [1.54, 1.807) is 31.0 Å². The highest BCUT2D eigenvalue weighted by Crippen LogP contribution is 2.23. The number of thioether (sulfide) groups is 1. The van der Waals surface area contributed by atoms with Crippen molar-refractivity contribution in [1.82, 2.24) is 14.7 Å². The first-order chi connectivity index (χ1) is 14.1. The molecule has 1 N–H and O–H groups in total. The molecule has 29 heavy (non-hydrogen) atoms. The average Bonchev–Trinajstić information content (AvgIpc) is 3.18. The van der Waals surface area contributed by atoms with Gasteiger partial charge in [-0.15, -0.1) is 11.8 Å². The number of ether oxygens (including phenoxy) is 2. The van der Waals surface area contributed by atoms with E-state index in [2.05, 4.69) is 10.3 Å². The highest BCUT2D eigenvalue weighted by atomic mass is 32.2. The zero-order valence-electron chi connectivity index (χ0n) is 16.3. The van der Waals surface area contributed by atoms with E-state index < -0.39 is 12.0 Å². The first kappa shape index (κ1) is 20.9. The largest absolute Gasteiger partial charge is 0.467 e. The summed E-state index contributed by atoms with van der Waals surface area (Å²) in [5.41, 5.74) is 2.39. The van der Waals surface area contributed by atoms with E-state index in [-0.39, 0.29) is 5.91 Å². The molecule has 2 heterocycles. The highest BCUT2D eigenvalue weighted by molar-refractivity contribution is 7.98. The number of carbonyl (C=O) groups excluding carboxylic acids is 2. The second-order valence-corrected chi connectivity index (χ2v) is 7.39. The normalized spacial score (nSPS) is 11.9. The molecule has 0 saturated carbocycles. The lowest BCUT2D eigenvalue weighted by Gasteiger charge is -2.16. The third-order valence-electron chi connectivity index (χ3n) is 4.32. The molecule has 1 aromatic carbocycles. The number of carbonyl (C=O) groups is 2. The number of nitrogens with one attached hydrogen (secondary N) is 1. The summed E-state index contributed by atoms with van der Waals surface area (Å²) in [6.07, 6.45) is 4.33. The van der Waals surface area contributed by atoms with Gasteiger partial charge in [0.1, 0.15) is 11.7 Å². The molecule has 0 aliphatic rings. The Balaban J connectivity index is 1.58. The highest BCUT2D eigenvalue weighted by Gasteiger charge is 2.21. The second kappa shape index (κ2) is 10.1. The van der Waals surface area contributed by atoms with Crippen LogP contribution in [0.5, 0.6) is 0 Å². The van der Waals surface area contributed by atoms with Crippen molar-refractivity contribution in [2.45, 2.75) is 23.1 Å². The summed E-state index contributed by atoms with van der Waals surface area (Å²) < 4.78 is 11.7. The monoisotopic (exact) mass is 413 g/mol. The minimum Gasteiger partial charge on any atom is -0.467 e. The Labute approximate surface area is 173 Å². The molecule has 1 unspecified atom stereocenters. The van der Waals surface area contributed by atoms with Gasteiger partial charge in [0.2, 0.25) is 0 Å². The molecule has 152 valence electrons. The lowest BCUT2D eigenvalue weighted by Crippen LogP contribution is -2.42. The topological polar surface area (TPSA) is 81.9 Å². The number of methoxy groups -OCH3 is 2. The molecule has 3 aromatic rings. The molecule has 0 fully saturated rings. The van der Waals surface area contributed by atoms with Crippen LogP contribution in [0.1, 0.15) is 22.5 Å². The van der Waals surface area contributed by atoms with Crippen LogP contribution in [0, 0.1) is 0 Å². The summed E-state index contributed by atoms with van der Waals surface area (Å²) in [5.74, 6) is -0.0855. The standard InChI is InChI=1S/C21H23N3O4S/c1-27-12-10-18(21(26)28-2)23-20(25)15-6-8-17(9-7-15)29-14-16-13-24-11-4-3-5-19(24)22-16/h3-9,11,13,18H,10,12,14H2,1-2H3,(H,23,25). The van der Waals surface area contributed by atoms with Crippen LogP contribution in [0.15, 0.2) is 59.8 Å². The van der Waals surface area contributed by atoms with Crippen LogP contribution in [0.3, 0.4) is 0 Å². The lowest BCUT2D eigenvalue weighted by molar-refractivity contribution is -0.143. The molecule has 3 rings (SSSR count). The predicted molar refractivity (Wildman–Crippen MR) is 111 cm³/mol. The number of esters is 1. The van der Waals surface area contributed by atoms with Crippen molar-refractivity contribution in [1.29, 1.82) is 0 Å². The Kier molecular flexibility index (Phi) is 7.26. The predicted octanol–water partition coefficient (Wildman–Crippen LogP) is 2.93. The van der Waals surface area contributed by atoms with E-state index in [0.717, 1.165) is 22.0 Å². The third kappa shape index (κ3) is 5.58. The van der Waals surface area contributed by atoms with Crippen molar-refractivity contribution in [2.75, 3.05) is 20.8 Å². The van der Waals surface area contributed by atoms with Gasteiger partial charge in [0, 0.05) is 48.7 Å². The summed E-state index contributed by atoms with van der Waals surface area (Å²) >= 11 is 1.64. The van der Waals surface area contributed by atoms with Gasteiger partial charge in [0.25, 0.3) is 5.91 Å². The molecule has 0 saturated heterocycles. The number of rotatable bonds is 9. The number of imidazole rings is 1. The van der Waals surface area contributed by atoms with Crippen LogP contribution in [0.25, 0.3) is 5.65 Å². The molecule has 7 nitrogen and oxygen atoms in total. The van der Waals surface area contributed by atoms with Gasteiger partial charge < -0.3 is 19.2 Å². The fraction of sp³-hybridized carbons (Fsp3) is 0.286. The van der Waals surface area contributed by atoms with Gasteiger partial charge in [-0.2, -0.15) is 0 Å². The molecule has 0 aliphatic heterocycles. The number of aromatic nitrogens is 2. The number of hydrogen-bond acceptors (Lipinski definition) is 6. The maximum atomic E-state index is 12.4. The van der Waals surface area contributed by atoms with Crippen LogP contribution in [0.4, 0.5) is 0 Å². The molecule has 0 spiro atoms. The number of pyridine rings is 1. The summed E-state index contributed by atoms with van der Waals surface area (Å²) in [7, 11) is 2.84. The van der Waals surface area contributed by atoms with E-state index in [4.69, 9.17) is 9.47 Å². The average molecular weight is 413 g/mol. The molecule has 0 bridgehead atoms. The van der Waals surface area contributed by atoms with Crippen LogP contribution in [0.2, 0.25) is 0 Å². The minimum absolute atomic E-state index is 0.326. The Morgan fingerprint density at radius 2 is 1.97 bits per heavy atom. The maximum absolute atomic E-state index is 12.4. The van der Waals surface area contributed by atoms with E-state index >= 15 is 0 Å². The second-order valence-electron chi connectivity index (χ2n) is 6.34. The Morgan fingerprint density at radius 3 is 2.66 bits per heavy atom. The van der Waals surface area contributed by atoms with E-state index in [0.29, 0.717) is 18.6 Å². The maximum Gasteiger partial charge on any atom is 0.328 e. The van der Waals surface area contributed by atoms with Gasteiger partial charge in [0.15, 0.2) is 0 Å². The zero-order chi connectivity index (χ0) is 20.6. The first-order valence-electron chi connectivity index (χ1n) is 9.14. The van der Waals surface area contributed by atoms with Crippen molar-refractivity contribution in [3.05, 3.63) is 66.1 Å². The summed E-state index contributed by atoms with van der Waals surface area (Å²) in [6, 6.07) is 12.4. The van der Waals surface area contributed by atoms with Gasteiger partial charge in [-0.1, -0.05) is 6.07 Å². The van der Waals surface area contributed by atoms with Gasteiger partial charge in [-0.25, -0.2) is 9.78 Å². The molecule has 1 atom stereocenters. The number of hydrogen-bond donors (Lipinski definition) is 1. The number of fused-ring (bicyclic) bond motifs is 1. The van der Waals surface area contributed by atoms with Gasteiger partial charge in [-0.3, -0.25) is 4.79 Å². The number of benzene rings is 1. The summed E-state index contributed by atoms with van der Waals surface area (Å²) in [4.78, 5) is 29.9. The number of nitrogens with zero attached hydrogens (tertiary/aromatic N) is 2. The molecule has 0 radical (unpaired) electrons. The van der Waals surface area contributed by atoms with E-state index in [1.807, 2.05) is 47.1 Å². The Hall–Kier alpha value is -2.84. The lowest BCUT2D eigenvalue weighted by atomic mass is 10.1. The van der Waals surface area contributed by atoms with Crippen LogP contribution < -0.4 is 5.32 Å². The number of amides is 1. The molecule has 1 amide bonds. The Bertz CT molecular complexity index is 938. The molecule has 8 heteroatoms. The quantitative estimate of drug-likeness (QED) is 0.429. The zero-order valence-corrected chi connectivity index (χ0v) is 17.1. The van der Waals surface area contributed by atoms with Crippen molar-refractivity contribution in [2.24, 2.45) is 0 Å². The summed E-state index contributed by atoms with van der Waals surface area (Å²) in [5, 5.41) is 2.70. The molecular formula is C21H23N3O4S. The van der Waals surface area contributed by atoms with Crippen molar-refractivity contribution < 1.29 is 19.1 Å². The SMILES string of the molecule is COCCC(NC(=O)c1ccc(SCc2cn3ccccc3n2)cc1)C(=O)OC. The molecular weight excluding hydrogens is 390 g/mol. The van der Waals surface area contributed by atoms with Crippen molar-refractivity contribution in [3.63, 3.8) is 0 Å². The van der Waals surface area contributed by atoms with Crippen LogP contribution >= 0.6 is 11.8 Å². The van der Waals surface area contributed by atoms with Crippen LogP contribution in [-0.2, 0) is 20.0 Å². The van der Waals surface area contributed by atoms with Crippen molar-refractivity contribution in [3.8, 4) is 0 Å². The van der Waals surface area contributed by atoms with Crippen LogP contribution in [-0.4, -0.2) is 48.1 Å². The fourth-order valence-corrected chi connectivity index (χ4v) is 3.57. The Morgan fingerprint density at radius 1 is 1.17 bits per heavy atom. The minimum atomic E-state index is -0.739. The third-order valence-corrected chi connectivity index (χ3v) is 5.36. The van der Waals surface area contributed by atoms with Gasteiger partial charge >= 0.3 is 5.97 Å².